The molecule has 190 valence electrons. The third-order valence-electron chi connectivity index (χ3n) is 6.90. The van der Waals surface area contributed by atoms with Crippen LogP contribution in [0.15, 0.2) is 60.7 Å². The fourth-order valence-corrected chi connectivity index (χ4v) is 5.03. The molecule has 2 fully saturated rings. The maximum absolute atomic E-state index is 13.7. The van der Waals surface area contributed by atoms with E-state index in [1.54, 1.807) is 4.90 Å². The highest BCUT2D eigenvalue weighted by molar-refractivity contribution is 5.95. The van der Waals surface area contributed by atoms with Crippen molar-refractivity contribution in [3.8, 4) is 0 Å². The van der Waals surface area contributed by atoms with Gasteiger partial charge in [-0.05, 0) is 36.8 Å². The lowest BCUT2D eigenvalue weighted by Gasteiger charge is -2.29. The van der Waals surface area contributed by atoms with Gasteiger partial charge in [-0.25, -0.2) is 0 Å². The van der Waals surface area contributed by atoms with E-state index in [2.05, 4.69) is 16.0 Å². The minimum absolute atomic E-state index is 0.0208. The van der Waals surface area contributed by atoms with E-state index in [1.807, 2.05) is 67.6 Å². The zero-order valence-corrected chi connectivity index (χ0v) is 20.6. The quantitative estimate of drug-likeness (QED) is 0.593. The summed E-state index contributed by atoms with van der Waals surface area (Å²) in [6.07, 6.45) is 2.42. The monoisotopic (exact) mass is 490 g/mol. The van der Waals surface area contributed by atoms with E-state index in [1.165, 1.54) is 0 Å². The highest BCUT2D eigenvalue weighted by Crippen LogP contribution is 2.21. The van der Waals surface area contributed by atoms with Crippen molar-refractivity contribution in [3.05, 3.63) is 71.8 Å². The Kier molecular flexibility index (Phi) is 8.36. The first-order chi connectivity index (χ1) is 17.4. The summed E-state index contributed by atoms with van der Waals surface area (Å²) in [5.74, 6) is -1.23. The molecular formula is C28H34N4O4. The molecule has 0 saturated carbocycles. The van der Waals surface area contributed by atoms with Gasteiger partial charge >= 0.3 is 0 Å². The van der Waals surface area contributed by atoms with E-state index in [9.17, 15) is 19.2 Å². The molecule has 0 aliphatic carbocycles. The van der Waals surface area contributed by atoms with Crippen molar-refractivity contribution in [1.82, 2.24) is 20.9 Å². The van der Waals surface area contributed by atoms with Crippen molar-refractivity contribution in [2.45, 2.75) is 69.6 Å². The van der Waals surface area contributed by atoms with Gasteiger partial charge in [-0.2, -0.15) is 0 Å². The summed E-state index contributed by atoms with van der Waals surface area (Å²) >= 11 is 0. The summed E-state index contributed by atoms with van der Waals surface area (Å²) in [6, 6.07) is 16.5. The topological polar surface area (TPSA) is 108 Å². The Morgan fingerprint density at radius 1 is 0.778 bits per heavy atom. The molecular weight excluding hydrogens is 456 g/mol. The lowest BCUT2D eigenvalue weighted by atomic mass is 10.0. The van der Waals surface area contributed by atoms with Crippen LogP contribution in [0.3, 0.4) is 0 Å². The van der Waals surface area contributed by atoms with Gasteiger partial charge in [0.25, 0.3) is 0 Å². The Labute approximate surface area is 211 Å². The van der Waals surface area contributed by atoms with Crippen LogP contribution in [0.25, 0.3) is 0 Å². The highest BCUT2D eigenvalue weighted by atomic mass is 16.2. The molecule has 8 heteroatoms. The molecule has 3 N–H and O–H groups in total. The zero-order valence-electron chi connectivity index (χ0n) is 20.6. The van der Waals surface area contributed by atoms with Gasteiger partial charge < -0.3 is 20.9 Å². The van der Waals surface area contributed by atoms with Crippen LogP contribution < -0.4 is 16.0 Å². The highest BCUT2D eigenvalue weighted by Gasteiger charge is 2.39. The molecule has 36 heavy (non-hydrogen) atoms. The number of hydrogen-bond acceptors (Lipinski definition) is 4. The number of amides is 4. The largest absolute Gasteiger partial charge is 0.351 e. The second-order valence-corrected chi connectivity index (χ2v) is 9.57. The van der Waals surface area contributed by atoms with Gasteiger partial charge in [0.05, 0.1) is 0 Å². The summed E-state index contributed by atoms with van der Waals surface area (Å²) in [5.41, 5.74) is 1.90. The molecule has 2 aromatic rings. The SMILES string of the molecule is CC[C@@H]1NC(=O)[C@@H]2CCCN2C(=O)[C@H](Cc2ccccc2)NC(=O)C[C@H](Cc2ccccc2)NC1=O. The normalized spacial score (nSPS) is 25.5. The average molecular weight is 491 g/mol. The molecule has 4 atom stereocenters. The first-order valence-corrected chi connectivity index (χ1v) is 12.7. The Morgan fingerprint density at radius 2 is 1.42 bits per heavy atom. The first kappa shape index (κ1) is 25.4. The van der Waals surface area contributed by atoms with Crippen LogP contribution in [0.2, 0.25) is 0 Å². The molecule has 0 spiro atoms. The number of carbonyl (C=O) groups excluding carboxylic acids is 4. The van der Waals surface area contributed by atoms with E-state index >= 15 is 0 Å². The Bertz CT molecular complexity index is 1080. The summed E-state index contributed by atoms with van der Waals surface area (Å²) in [6.45, 7) is 2.27. The van der Waals surface area contributed by atoms with Crippen LogP contribution in [0.1, 0.15) is 43.7 Å². The van der Waals surface area contributed by atoms with Crippen LogP contribution >= 0.6 is 0 Å². The Morgan fingerprint density at radius 3 is 2.06 bits per heavy atom. The third-order valence-corrected chi connectivity index (χ3v) is 6.90. The van der Waals surface area contributed by atoms with E-state index in [0.717, 1.165) is 11.1 Å². The lowest BCUT2D eigenvalue weighted by molar-refractivity contribution is -0.141. The number of rotatable bonds is 5. The predicted molar refractivity (Wildman–Crippen MR) is 136 cm³/mol. The minimum atomic E-state index is -0.802. The lowest BCUT2D eigenvalue weighted by Crippen LogP contribution is -2.56. The summed E-state index contributed by atoms with van der Waals surface area (Å²) in [7, 11) is 0. The molecule has 0 unspecified atom stereocenters. The first-order valence-electron chi connectivity index (χ1n) is 12.7. The van der Waals surface area contributed by atoms with Crippen LogP contribution in [0, 0.1) is 0 Å². The van der Waals surface area contributed by atoms with Gasteiger partial charge in [-0.15, -0.1) is 0 Å². The molecule has 0 bridgehead atoms. The van der Waals surface area contributed by atoms with Gasteiger partial charge in [-0.3, -0.25) is 19.2 Å². The van der Waals surface area contributed by atoms with E-state index in [-0.39, 0.29) is 30.0 Å². The van der Waals surface area contributed by atoms with Gasteiger partial charge in [0.15, 0.2) is 0 Å². The zero-order chi connectivity index (χ0) is 25.5. The van der Waals surface area contributed by atoms with E-state index in [0.29, 0.717) is 38.6 Å². The number of fused-ring (bicyclic) bond motifs is 1. The molecule has 2 aliphatic rings. The molecule has 2 heterocycles. The minimum Gasteiger partial charge on any atom is -0.351 e. The van der Waals surface area contributed by atoms with Crippen molar-refractivity contribution >= 4 is 23.6 Å². The van der Waals surface area contributed by atoms with Gasteiger partial charge in [0.1, 0.15) is 18.1 Å². The second-order valence-electron chi connectivity index (χ2n) is 9.57. The van der Waals surface area contributed by atoms with Crippen LogP contribution in [0.4, 0.5) is 0 Å². The summed E-state index contributed by atoms with van der Waals surface area (Å²) in [5, 5.41) is 8.76. The fourth-order valence-electron chi connectivity index (χ4n) is 5.03. The smallest absolute Gasteiger partial charge is 0.246 e. The van der Waals surface area contributed by atoms with E-state index < -0.39 is 24.2 Å². The Hall–Kier alpha value is -3.68. The molecule has 4 amide bonds. The molecule has 0 aromatic heterocycles. The number of benzene rings is 2. The number of hydrogen-bond donors (Lipinski definition) is 3. The summed E-state index contributed by atoms with van der Waals surface area (Å²) < 4.78 is 0. The molecule has 0 radical (unpaired) electrons. The molecule has 4 rings (SSSR count). The predicted octanol–water partition coefficient (Wildman–Crippen LogP) is 1.73. The molecule has 2 saturated heterocycles. The van der Waals surface area contributed by atoms with Crippen molar-refractivity contribution in [3.63, 3.8) is 0 Å². The van der Waals surface area contributed by atoms with Gasteiger partial charge in [-0.1, -0.05) is 67.6 Å². The van der Waals surface area contributed by atoms with E-state index in [4.69, 9.17) is 0 Å². The summed E-state index contributed by atoms with van der Waals surface area (Å²) in [4.78, 5) is 54.8. The number of nitrogens with zero attached hydrogens (tertiary/aromatic N) is 1. The number of carbonyl (C=O) groups is 4. The molecule has 2 aromatic carbocycles. The van der Waals surface area contributed by atoms with Crippen molar-refractivity contribution in [2.75, 3.05) is 6.54 Å². The van der Waals surface area contributed by atoms with Gasteiger partial charge in [0.2, 0.25) is 23.6 Å². The maximum Gasteiger partial charge on any atom is 0.246 e. The maximum atomic E-state index is 13.7. The van der Waals surface area contributed by atoms with Gasteiger partial charge in [0, 0.05) is 25.4 Å². The van der Waals surface area contributed by atoms with Crippen LogP contribution in [-0.4, -0.2) is 59.2 Å². The van der Waals surface area contributed by atoms with Crippen molar-refractivity contribution in [1.29, 1.82) is 0 Å². The standard InChI is InChI=1S/C28H34N4O4/c1-2-22-26(34)29-21(16-19-10-5-3-6-11-19)18-25(33)30-23(17-20-12-7-4-8-13-20)28(36)32-15-9-14-24(32)27(35)31-22/h3-8,10-13,21-24H,2,9,14-18H2,1H3,(H,29,34)(H,30,33)(H,31,35)/t21-,22-,23-,24-/m0/s1. The van der Waals surface area contributed by atoms with Crippen molar-refractivity contribution in [2.24, 2.45) is 0 Å². The number of nitrogens with one attached hydrogen (secondary N) is 3. The Balaban J connectivity index is 1.64. The van der Waals surface area contributed by atoms with Crippen LogP contribution in [0.5, 0.6) is 0 Å². The van der Waals surface area contributed by atoms with Crippen molar-refractivity contribution < 1.29 is 19.2 Å². The third kappa shape index (κ3) is 6.30. The molecule has 2 aliphatic heterocycles. The second kappa shape index (κ2) is 11.8. The molecule has 8 nitrogen and oxygen atoms in total. The fraction of sp³-hybridized carbons (Fsp3) is 0.429. The average Bonchev–Trinajstić information content (AvgIpc) is 3.37. The van der Waals surface area contributed by atoms with Crippen LogP contribution in [-0.2, 0) is 32.0 Å².